The molecule has 27 heavy (non-hydrogen) atoms. The molecular weight excluding hydrogens is 364 g/mol. The van der Waals surface area contributed by atoms with Gasteiger partial charge in [0.1, 0.15) is 0 Å². The lowest BCUT2D eigenvalue weighted by Gasteiger charge is -2.35. The van der Waals surface area contributed by atoms with Crippen molar-refractivity contribution in [1.29, 1.82) is 0 Å². The van der Waals surface area contributed by atoms with Crippen molar-refractivity contribution in [3.63, 3.8) is 0 Å². The minimum Gasteiger partial charge on any atom is -0.369 e. The van der Waals surface area contributed by atoms with Crippen LogP contribution in [0.15, 0.2) is 24.3 Å². The maximum Gasteiger partial charge on any atom is 0.321 e. The van der Waals surface area contributed by atoms with Crippen molar-refractivity contribution in [2.24, 2.45) is 5.92 Å². The second-order valence-electron chi connectivity index (χ2n) is 7.63. The Kier molecular flexibility index (Phi) is 6.96. The standard InChI is InChI=1S/C20H29ClN4O2/c1-15-5-2-3-8-18(15)22-20(27)23-19(26)14-24-9-11-25(12-10-24)17-7-4-6-16(21)13-17/h4,6-7,13,15,18H,2-3,5,8-12,14H2,1H3,(H2,22,23,26,27). The minimum absolute atomic E-state index is 0.174. The molecule has 3 amide bonds. The van der Waals surface area contributed by atoms with Crippen molar-refractivity contribution in [3.8, 4) is 0 Å². The van der Waals surface area contributed by atoms with E-state index in [-0.39, 0.29) is 24.5 Å². The number of imide groups is 1. The molecule has 2 atom stereocenters. The molecule has 1 heterocycles. The van der Waals surface area contributed by atoms with Crippen molar-refractivity contribution in [2.75, 3.05) is 37.6 Å². The summed E-state index contributed by atoms with van der Waals surface area (Å²) in [5, 5.41) is 6.17. The first-order valence-corrected chi connectivity index (χ1v) is 10.2. The Bertz CT molecular complexity index is 661. The summed E-state index contributed by atoms with van der Waals surface area (Å²) in [6, 6.07) is 7.63. The highest BCUT2D eigenvalue weighted by atomic mass is 35.5. The van der Waals surface area contributed by atoms with Gasteiger partial charge in [0.15, 0.2) is 0 Å². The fraction of sp³-hybridized carbons (Fsp3) is 0.600. The summed E-state index contributed by atoms with van der Waals surface area (Å²) in [6.45, 7) is 5.63. The van der Waals surface area contributed by atoms with Crippen LogP contribution in [0.3, 0.4) is 0 Å². The minimum atomic E-state index is -0.365. The van der Waals surface area contributed by atoms with Gasteiger partial charge < -0.3 is 10.2 Å². The molecule has 0 spiro atoms. The molecule has 7 heteroatoms. The smallest absolute Gasteiger partial charge is 0.321 e. The van der Waals surface area contributed by atoms with Gasteiger partial charge in [-0.3, -0.25) is 15.0 Å². The van der Waals surface area contributed by atoms with Gasteiger partial charge in [0.05, 0.1) is 6.54 Å². The number of carbonyl (C=O) groups excluding carboxylic acids is 2. The summed E-state index contributed by atoms with van der Waals surface area (Å²) < 4.78 is 0. The third-order valence-electron chi connectivity index (χ3n) is 5.59. The van der Waals surface area contributed by atoms with Crippen molar-refractivity contribution in [2.45, 2.75) is 38.6 Å². The van der Waals surface area contributed by atoms with E-state index in [1.807, 2.05) is 24.3 Å². The number of hydrogen-bond donors (Lipinski definition) is 2. The molecule has 1 aromatic carbocycles. The number of urea groups is 1. The fourth-order valence-corrected chi connectivity index (χ4v) is 4.13. The average molecular weight is 393 g/mol. The number of rotatable bonds is 4. The van der Waals surface area contributed by atoms with E-state index >= 15 is 0 Å². The predicted octanol–water partition coefficient (Wildman–Crippen LogP) is 2.87. The SMILES string of the molecule is CC1CCCCC1NC(=O)NC(=O)CN1CCN(c2cccc(Cl)c2)CC1. The molecule has 148 valence electrons. The average Bonchev–Trinajstić information content (AvgIpc) is 2.64. The van der Waals surface area contributed by atoms with Crippen molar-refractivity contribution in [1.82, 2.24) is 15.5 Å². The Morgan fingerprint density at radius 1 is 1.15 bits per heavy atom. The highest BCUT2D eigenvalue weighted by Crippen LogP contribution is 2.23. The van der Waals surface area contributed by atoms with Crippen LogP contribution in [0, 0.1) is 5.92 Å². The van der Waals surface area contributed by atoms with Crippen LogP contribution in [0.4, 0.5) is 10.5 Å². The van der Waals surface area contributed by atoms with Gasteiger partial charge in [0.25, 0.3) is 0 Å². The summed E-state index contributed by atoms with van der Waals surface area (Å²) in [4.78, 5) is 28.6. The first-order chi connectivity index (χ1) is 13.0. The summed E-state index contributed by atoms with van der Waals surface area (Å²) in [5.74, 6) is 0.228. The normalized spacial score (nSPS) is 23.7. The largest absolute Gasteiger partial charge is 0.369 e. The molecule has 1 aliphatic carbocycles. The first kappa shape index (κ1) is 20.0. The number of piperazine rings is 1. The van der Waals surface area contributed by atoms with Crippen molar-refractivity contribution >= 4 is 29.2 Å². The Balaban J connectivity index is 1.39. The van der Waals surface area contributed by atoms with E-state index in [9.17, 15) is 9.59 Å². The lowest BCUT2D eigenvalue weighted by Crippen LogP contribution is -2.52. The van der Waals surface area contributed by atoms with E-state index in [1.165, 1.54) is 6.42 Å². The molecule has 6 nitrogen and oxygen atoms in total. The number of nitrogens with zero attached hydrogens (tertiary/aromatic N) is 2. The van der Waals surface area contributed by atoms with E-state index in [0.29, 0.717) is 5.92 Å². The second kappa shape index (κ2) is 9.42. The topological polar surface area (TPSA) is 64.7 Å². The number of carbonyl (C=O) groups is 2. The number of nitrogens with one attached hydrogen (secondary N) is 2. The van der Waals surface area contributed by atoms with Crippen LogP contribution in [0.25, 0.3) is 0 Å². The number of hydrogen-bond acceptors (Lipinski definition) is 4. The van der Waals surface area contributed by atoms with Gasteiger partial charge in [0.2, 0.25) is 5.91 Å². The molecule has 1 saturated heterocycles. The zero-order chi connectivity index (χ0) is 19.2. The summed E-state index contributed by atoms with van der Waals surface area (Å²) in [7, 11) is 0. The van der Waals surface area contributed by atoms with Gasteiger partial charge in [-0.2, -0.15) is 0 Å². The molecule has 2 unspecified atom stereocenters. The molecule has 2 N–H and O–H groups in total. The molecule has 1 aliphatic heterocycles. The number of benzene rings is 1. The molecule has 0 radical (unpaired) electrons. The van der Waals surface area contributed by atoms with Crippen LogP contribution in [0.1, 0.15) is 32.6 Å². The van der Waals surface area contributed by atoms with Crippen LogP contribution in [-0.2, 0) is 4.79 Å². The second-order valence-corrected chi connectivity index (χ2v) is 8.07. The molecule has 2 fully saturated rings. The molecule has 1 aromatic rings. The van der Waals surface area contributed by atoms with Crippen LogP contribution in [0.5, 0.6) is 0 Å². The maximum atomic E-state index is 12.2. The first-order valence-electron chi connectivity index (χ1n) is 9.84. The van der Waals surface area contributed by atoms with E-state index < -0.39 is 0 Å². The molecule has 0 aromatic heterocycles. The highest BCUT2D eigenvalue weighted by molar-refractivity contribution is 6.30. The Hall–Kier alpha value is -1.79. The third kappa shape index (κ3) is 5.84. The lowest BCUT2D eigenvalue weighted by molar-refractivity contribution is -0.121. The third-order valence-corrected chi connectivity index (χ3v) is 5.83. The van der Waals surface area contributed by atoms with Crippen LogP contribution < -0.4 is 15.5 Å². The van der Waals surface area contributed by atoms with Gasteiger partial charge >= 0.3 is 6.03 Å². The fourth-order valence-electron chi connectivity index (χ4n) is 3.94. The number of amides is 3. The molecule has 2 aliphatic rings. The zero-order valence-corrected chi connectivity index (χ0v) is 16.7. The summed E-state index contributed by atoms with van der Waals surface area (Å²) in [6.07, 6.45) is 4.49. The van der Waals surface area contributed by atoms with Crippen molar-refractivity contribution < 1.29 is 9.59 Å². The quantitative estimate of drug-likeness (QED) is 0.826. The van der Waals surface area contributed by atoms with E-state index in [4.69, 9.17) is 11.6 Å². The monoisotopic (exact) mass is 392 g/mol. The van der Waals surface area contributed by atoms with E-state index in [2.05, 4.69) is 27.4 Å². The molecule has 1 saturated carbocycles. The van der Waals surface area contributed by atoms with E-state index in [1.54, 1.807) is 0 Å². The maximum absolute atomic E-state index is 12.2. The summed E-state index contributed by atoms with van der Waals surface area (Å²) >= 11 is 6.06. The Morgan fingerprint density at radius 3 is 2.59 bits per heavy atom. The number of anilines is 1. The van der Waals surface area contributed by atoms with E-state index in [0.717, 1.165) is 56.2 Å². The predicted molar refractivity (Wildman–Crippen MR) is 108 cm³/mol. The van der Waals surface area contributed by atoms with Crippen molar-refractivity contribution in [3.05, 3.63) is 29.3 Å². The Morgan fingerprint density at radius 2 is 1.89 bits per heavy atom. The van der Waals surface area contributed by atoms with Gasteiger partial charge in [-0.05, 0) is 37.0 Å². The Labute approximate surface area is 166 Å². The number of halogens is 1. The molecule has 0 bridgehead atoms. The van der Waals surface area contributed by atoms with Crippen LogP contribution >= 0.6 is 11.6 Å². The molecule has 3 rings (SSSR count). The summed E-state index contributed by atoms with van der Waals surface area (Å²) in [5.41, 5.74) is 1.10. The zero-order valence-electron chi connectivity index (χ0n) is 15.9. The van der Waals surface area contributed by atoms with Crippen LogP contribution in [-0.4, -0.2) is 55.6 Å². The van der Waals surface area contributed by atoms with Gasteiger partial charge in [-0.1, -0.05) is 37.4 Å². The lowest BCUT2D eigenvalue weighted by atomic mass is 9.86. The van der Waals surface area contributed by atoms with Crippen LogP contribution in [0.2, 0.25) is 5.02 Å². The van der Waals surface area contributed by atoms with Gasteiger partial charge in [0, 0.05) is 42.9 Å². The van der Waals surface area contributed by atoms with Gasteiger partial charge in [-0.25, -0.2) is 4.79 Å². The molecular formula is C20H29ClN4O2. The van der Waals surface area contributed by atoms with Gasteiger partial charge in [-0.15, -0.1) is 0 Å². The highest BCUT2D eigenvalue weighted by Gasteiger charge is 2.24.